The minimum absolute atomic E-state index is 0.150. The first-order chi connectivity index (χ1) is 14.1. The van der Waals surface area contributed by atoms with Gasteiger partial charge in [-0.25, -0.2) is 0 Å². The van der Waals surface area contributed by atoms with Crippen molar-refractivity contribution in [2.45, 2.75) is 19.4 Å². The van der Waals surface area contributed by atoms with E-state index in [0.29, 0.717) is 18.7 Å². The molecule has 5 nitrogen and oxygen atoms in total. The first-order valence-corrected chi connectivity index (χ1v) is 9.34. The van der Waals surface area contributed by atoms with E-state index in [1.54, 1.807) is 0 Å². The summed E-state index contributed by atoms with van der Waals surface area (Å²) in [5, 5.41) is 27.4. The summed E-state index contributed by atoms with van der Waals surface area (Å²) in [5.74, 6) is -0.777. The lowest BCUT2D eigenvalue weighted by atomic mass is 10.0. The molecule has 0 amide bonds. The predicted octanol–water partition coefficient (Wildman–Crippen LogP) is 4.34. The molecule has 0 radical (unpaired) electrons. The van der Waals surface area contributed by atoms with Crippen LogP contribution in [0.4, 0.5) is 5.69 Å². The molecule has 3 rings (SSSR count). The monoisotopic (exact) mass is 390 g/mol. The molecule has 0 aliphatic heterocycles. The van der Waals surface area contributed by atoms with Gasteiger partial charge in [-0.05, 0) is 35.2 Å². The van der Waals surface area contributed by atoms with Crippen LogP contribution in [-0.2, 0) is 17.8 Å². The zero-order valence-electron chi connectivity index (χ0n) is 16.4. The summed E-state index contributed by atoms with van der Waals surface area (Å²) in [6.45, 7) is 0.688. The summed E-state index contributed by atoms with van der Waals surface area (Å²) in [6.07, 6.45) is 0.696. The van der Waals surface area contributed by atoms with Crippen molar-refractivity contribution < 1.29 is 15.0 Å². The van der Waals surface area contributed by atoms with Crippen LogP contribution in [0.1, 0.15) is 28.7 Å². The minimum Gasteiger partial charge on any atom is -0.481 e. The fourth-order valence-corrected chi connectivity index (χ4v) is 2.81. The van der Waals surface area contributed by atoms with Gasteiger partial charge < -0.3 is 15.5 Å². The highest BCUT2D eigenvalue weighted by Gasteiger charge is 2.04. The summed E-state index contributed by atoms with van der Waals surface area (Å²) in [7, 11) is 1.00. The van der Waals surface area contributed by atoms with Gasteiger partial charge in [0.15, 0.2) is 0 Å². The Hall–Kier alpha value is -3.44. The largest absolute Gasteiger partial charge is 0.481 e. The molecule has 0 fully saturated rings. The van der Waals surface area contributed by atoms with E-state index in [0.717, 1.165) is 35.1 Å². The number of aliphatic hydroxyl groups excluding tert-OH is 1. The topological polar surface area (TPSA) is 93.4 Å². The Balaban J connectivity index is 0.00000145. The van der Waals surface area contributed by atoms with Gasteiger partial charge in [0.2, 0.25) is 0 Å². The van der Waals surface area contributed by atoms with Crippen LogP contribution >= 0.6 is 0 Å². The molecule has 0 atom stereocenters. The molecule has 150 valence electrons. The van der Waals surface area contributed by atoms with Gasteiger partial charge in [0.05, 0.1) is 5.71 Å². The first kappa shape index (κ1) is 21.9. The second-order valence-corrected chi connectivity index (χ2v) is 6.38. The third-order valence-corrected chi connectivity index (χ3v) is 4.38. The lowest BCUT2D eigenvalue weighted by Crippen LogP contribution is -2.03. The Morgan fingerprint density at radius 3 is 1.97 bits per heavy atom. The number of aryl methyl sites for hydroxylation is 1. The van der Waals surface area contributed by atoms with Crippen molar-refractivity contribution in [3.05, 3.63) is 101 Å². The zero-order chi connectivity index (χ0) is 21.1. The average molecular weight is 390 g/mol. The molecule has 4 N–H and O–H groups in total. The summed E-state index contributed by atoms with van der Waals surface area (Å²) in [4.78, 5) is 10.6. The second kappa shape index (κ2) is 11.4. The van der Waals surface area contributed by atoms with E-state index in [1.807, 2.05) is 78.9 Å². The summed E-state index contributed by atoms with van der Waals surface area (Å²) in [6, 6.07) is 25.6. The first-order valence-electron chi connectivity index (χ1n) is 9.34. The summed E-state index contributed by atoms with van der Waals surface area (Å²) in [5.41, 5.74) is 5.47. The van der Waals surface area contributed by atoms with Crippen LogP contribution in [0.2, 0.25) is 0 Å². The van der Waals surface area contributed by atoms with Crippen molar-refractivity contribution >= 4 is 17.4 Å². The molecule has 5 heteroatoms. The van der Waals surface area contributed by atoms with Crippen molar-refractivity contribution in [3.63, 3.8) is 0 Å². The van der Waals surface area contributed by atoms with Gasteiger partial charge in [0.1, 0.15) is 0 Å². The summed E-state index contributed by atoms with van der Waals surface area (Å²) >= 11 is 0. The van der Waals surface area contributed by atoms with E-state index < -0.39 is 5.97 Å². The van der Waals surface area contributed by atoms with Crippen molar-refractivity contribution in [1.29, 1.82) is 5.41 Å². The number of benzene rings is 3. The highest BCUT2D eigenvalue weighted by atomic mass is 16.4. The molecule has 0 heterocycles. The number of carbonyl (C=O) groups is 1. The molecule has 3 aromatic rings. The van der Waals surface area contributed by atoms with E-state index >= 15 is 0 Å². The average Bonchev–Trinajstić information content (AvgIpc) is 2.79. The lowest BCUT2D eigenvalue weighted by molar-refractivity contribution is -0.136. The Morgan fingerprint density at radius 1 is 0.828 bits per heavy atom. The van der Waals surface area contributed by atoms with Gasteiger partial charge in [0.25, 0.3) is 0 Å². The van der Waals surface area contributed by atoms with Crippen LogP contribution in [0.5, 0.6) is 0 Å². The molecule has 3 aromatic carbocycles. The summed E-state index contributed by atoms with van der Waals surface area (Å²) < 4.78 is 0. The second-order valence-electron chi connectivity index (χ2n) is 6.38. The van der Waals surface area contributed by atoms with Gasteiger partial charge in [-0.1, -0.05) is 66.7 Å². The highest BCUT2D eigenvalue weighted by molar-refractivity contribution is 6.10. The van der Waals surface area contributed by atoms with E-state index in [2.05, 4.69) is 5.32 Å². The number of rotatable bonds is 8. The Labute approximate surface area is 171 Å². The highest BCUT2D eigenvalue weighted by Crippen LogP contribution is 2.14. The molecule has 29 heavy (non-hydrogen) atoms. The number of aliphatic hydroxyl groups is 1. The van der Waals surface area contributed by atoms with Crippen LogP contribution < -0.4 is 5.32 Å². The van der Waals surface area contributed by atoms with Gasteiger partial charge >= 0.3 is 5.97 Å². The standard InChI is InChI=1S/C23H22N2O2.CH4O/c24-23(19-4-2-1-3-5-19)20-11-6-18(7-12-20)16-25-21-13-8-17(9-14-21)10-15-22(26)27;1-2/h1-9,11-14,24-25H,10,15-16H2,(H,26,27);2H,1H3. The van der Waals surface area contributed by atoms with Gasteiger partial charge in [-0.3, -0.25) is 10.2 Å². The van der Waals surface area contributed by atoms with E-state index in [9.17, 15) is 4.79 Å². The quantitative estimate of drug-likeness (QED) is 0.431. The zero-order valence-corrected chi connectivity index (χ0v) is 16.4. The Morgan fingerprint density at radius 2 is 1.38 bits per heavy atom. The molecular formula is C24H26N2O3. The van der Waals surface area contributed by atoms with Crippen LogP contribution in [0.25, 0.3) is 0 Å². The minimum atomic E-state index is -0.777. The third kappa shape index (κ3) is 6.90. The molecule has 0 aromatic heterocycles. The lowest BCUT2D eigenvalue weighted by Gasteiger charge is -2.09. The van der Waals surface area contributed by atoms with Crippen molar-refractivity contribution in [2.75, 3.05) is 12.4 Å². The number of carboxylic acids is 1. The maximum Gasteiger partial charge on any atom is 0.303 e. The number of hydrogen-bond donors (Lipinski definition) is 4. The predicted molar refractivity (Wildman–Crippen MR) is 117 cm³/mol. The van der Waals surface area contributed by atoms with Crippen molar-refractivity contribution in [3.8, 4) is 0 Å². The van der Waals surface area contributed by atoms with Crippen molar-refractivity contribution in [1.82, 2.24) is 0 Å². The molecule has 0 bridgehead atoms. The van der Waals surface area contributed by atoms with Crippen LogP contribution in [0.3, 0.4) is 0 Å². The number of aliphatic carboxylic acids is 1. The molecule has 0 spiro atoms. The number of anilines is 1. The third-order valence-electron chi connectivity index (χ3n) is 4.38. The van der Waals surface area contributed by atoms with E-state index in [4.69, 9.17) is 15.6 Å². The number of carboxylic acid groups (broad SMARTS) is 1. The van der Waals surface area contributed by atoms with Gasteiger partial charge in [0, 0.05) is 31.3 Å². The SMILES string of the molecule is CO.N=C(c1ccccc1)c1ccc(CNc2ccc(CCC(=O)O)cc2)cc1. The Kier molecular flexibility index (Phi) is 8.60. The smallest absolute Gasteiger partial charge is 0.303 e. The van der Waals surface area contributed by atoms with E-state index in [-0.39, 0.29) is 6.42 Å². The Bertz CT molecular complexity index is 905. The van der Waals surface area contributed by atoms with E-state index in [1.165, 1.54) is 0 Å². The van der Waals surface area contributed by atoms with Crippen LogP contribution in [0.15, 0.2) is 78.9 Å². The fourth-order valence-electron chi connectivity index (χ4n) is 2.81. The maximum atomic E-state index is 10.6. The van der Waals surface area contributed by atoms with Gasteiger partial charge in [-0.15, -0.1) is 0 Å². The normalized spacial score (nSPS) is 9.86. The molecule has 0 aliphatic rings. The van der Waals surface area contributed by atoms with Crippen LogP contribution in [0, 0.1) is 5.41 Å². The number of nitrogens with one attached hydrogen (secondary N) is 2. The molecule has 0 saturated heterocycles. The molecule has 0 aliphatic carbocycles. The molecular weight excluding hydrogens is 364 g/mol. The maximum absolute atomic E-state index is 10.6. The fraction of sp³-hybridized carbons (Fsp3) is 0.167. The molecule has 0 saturated carbocycles. The van der Waals surface area contributed by atoms with Crippen LogP contribution in [-0.4, -0.2) is 29.0 Å². The van der Waals surface area contributed by atoms with Gasteiger partial charge in [-0.2, -0.15) is 0 Å². The molecule has 0 unspecified atom stereocenters. The number of hydrogen-bond acceptors (Lipinski definition) is 4. The van der Waals surface area contributed by atoms with Crippen molar-refractivity contribution in [2.24, 2.45) is 0 Å².